The summed E-state index contributed by atoms with van der Waals surface area (Å²) >= 11 is 0. The molecular formula is C13H17O3P. The van der Waals surface area contributed by atoms with Crippen molar-refractivity contribution in [3.05, 3.63) is 30.3 Å². The summed E-state index contributed by atoms with van der Waals surface area (Å²) in [5.74, 6) is 2.31. The van der Waals surface area contributed by atoms with E-state index in [0.29, 0.717) is 5.30 Å². The number of hydrogen-bond donors (Lipinski definition) is 0. The maximum atomic E-state index is 12.6. The second-order valence-electron chi connectivity index (χ2n) is 3.63. The van der Waals surface area contributed by atoms with E-state index in [1.54, 1.807) is 24.3 Å². The summed E-state index contributed by atoms with van der Waals surface area (Å²) in [7, 11) is -3.30. The van der Waals surface area contributed by atoms with Crippen LogP contribution in [0.1, 0.15) is 20.3 Å². The van der Waals surface area contributed by atoms with Crippen LogP contribution in [-0.2, 0) is 13.6 Å². The van der Waals surface area contributed by atoms with E-state index < -0.39 is 7.60 Å². The Balaban J connectivity index is 2.94. The van der Waals surface area contributed by atoms with Gasteiger partial charge in [-0.25, -0.2) is 0 Å². The standard InChI is InChI=1S/C13H17O3P/c1-4-11-15-17(14,16-12(3)5-2)13-9-7-6-8-10-13/h1,6-10,12H,5,11H2,2-3H3. The quantitative estimate of drug-likeness (QED) is 0.576. The highest BCUT2D eigenvalue weighted by Gasteiger charge is 2.29. The van der Waals surface area contributed by atoms with Crippen LogP contribution < -0.4 is 5.30 Å². The van der Waals surface area contributed by atoms with Crippen molar-refractivity contribution in [3.63, 3.8) is 0 Å². The summed E-state index contributed by atoms with van der Waals surface area (Å²) in [6, 6.07) is 8.88. The molecule has 0 saturated heterocycles. The molecule has 1 aromatic rings. The zero-order valence-electron chi connectivity index (χ0n) is 10.1. The largest absolute Gasteiger partial charge is 0.362 e. The van der Waals surface area contributed by atoms with Gasteiger partial charge in [0.25, 0.3) is 0 Å². The van der Waals surface area contributed by atoms with Crippen LogP contribution >= 0.6 is 7.60 Å². The first-order valence-corrected chi connectivity index (χ1v) is 7.08. The normalized spacial score (nSPS) is 15.8. The third kappa shape index (κ3) is 4.02. The lowest BCUT2D eigenvalue weighted by atomic mass is 10.3. The van der Waals surface area contributed by atoms with Crippen LogP contribution in [0.2, 0.25) is 0 Å². The molecule has 0 saturated carbocycles. The van der Waals surface area contributed by atoms with Gasteiger partial charge in [-0.15, -0.1) is 6.42 Å². The molecule has 4 heteroatoms. The molecule has 0 heterocycles. The molecule has 0 N–H and O–H groups in total. The van der Waals surface area contributed by atoms with Crippen molar-refractivity contribution in [3.8, 4) is 12.3 Å². The first kappa shape index (κ1) is 14.0. The monoisotopic (exact) mass is 252 g/mol. The van der Waals surface area contributed by atoms with Gasteiger partial charge in [-0.05, 0) is 25.5 Å². The Hall–Kier alpha value is -1.07. The lowest BCUT2D eigenvalue weighted by Crippen LogP contribution is -2.15. The van der Waals surface area contributed by atoms with Crippen LogP contribution in [0.5, 0.6) is 0 Å². The minimum absolute atomic E-state index is 0.0252. The lowest BCUT2D eigenvalue weighted by molar-refractivity contribution is 0.171. The fourth-order valence-corrected chi connectivity index (χ4v) is 2.95. The number of benzene rings is 1. The van der Waals surface area contributed by atoms with Crippen molar-refractivity contribution >= 4 is 12.9 Å². The highest BCUT2D eigenvalue weighted by molar-refractivity contribution is 7.62. The van der Waals surface area contributed by atoms with Crippen LogP contribution in [0.3, 0.4) is 0 Å². The molecule has 0 aliphatic rings. The molecule has 0 bridgehead atoms. The Morgan fingerprint density at radius 1 is 1.41 bits per heavy atom. The van der Waals surface area contributed by atoms with E-state index in [2.05, 4.69) is 5.92 Å². The lowest BCUT2D eigenvalue weighted by Gasteiger charge is -2.21. The van der Waals surface area contributed by atoms with Gasteiger partial charge in [-0.2, -0.15) is 0 Å². The van der Waals surface area contributed by atoms with Crippen molar-refractivity contribution in [1.82, 2.24) is 0 Å². The second kappa shape index (κ2) is 6.61. The Kier molecular flexibility index (Phi) is 5.44. The van der Waals surface area contributed by atoms with Crippen LogP contribution in [0.4, 0.5) is 0 Å². The molecule has 0 radical (unpaired) electrons. The summed E-state index contributed by atoms with van der Waals surface area (Å²) in [6.07, 6.45) is 5.75. The molecular weight excluding hydrogens is 235 g/mol. The first-order chi connectivity index (χ1) is 8.12. The van der Waals surface area contributed by atoms with Crippen molar-refractivity contribution in [2.24, 2.45) is 0 Å². The minimum atomic E-state index is -3.30. The molecule has 0 fully saturated rings. The Morgan fingerprint density at radius 3 is 2.59 bits per heavy atom. The average Bonchev–Trinajstić information content (AvgIpc) is 2.37. The smallest absolute Gasteiger partial charge is 0.302 e. The molecule has 0 spiro atoms. The van der Waals surface area contributed by atoms with E-state index in [1.165, 1.54) is 0 Å². The SMILES string of the molecule is C#CCOP(=O)(OC(C)CC)c1ccccc1. The number of hydrogen-bond acceptors (Lipinski definition) is 3. The first-order valence-electron chi connectivity index (χ1n) is 5.54. The molecule has 0 aliphatic heterocycles. The van der Waals surface area contributed by atoms with Crippen molar-refractivity contribution in [1.29, 1.82) is 0 Å². The molecule has 17 heavy (non-hydrogen) atoms. The van der Waals surface area contributed by atoms with Gasteiger partial charge in [0.05, 0.1) is 11.4 Å². The minimum Gasteiger partial charge on any atom is -0.302 e. The number of terminal acetylenes is 1. The number of rotatable bonds is 6. The van der Waals surface area contributed by atoms with E-state index in [0.717, 1.165) is 6.42 Å². The Bertz CT molecular complexity index is 422. The van der Waals surface area contributed by atoms with Gasteiger partial charge in [0, 0.05) is 0 Å². The molecule has 1 rings (SSSR count). The summed E-state index contributed by atoms with van der Waals surface area (Å²) in [6.45, 7) is 3.79. The molecule has 0 amide bonds. The van der Waals surface area contributed by atoms with Gasteiger partial charge < -0.3 is 4.52 Å². The average molecular weight is 252 g/mol. The van der Waals surface area contributed by atoms with Gasteiger partial charge >= 0.3 is 7.60 Å². The van der Waals surface area contributed by atoms with Gasteiger partial charge in [-0.3, -0.25) is 9.09 Å². The predicted molar refractivity (Wildman–Crippen MR) is 69.3 cm³/mol. The molecule has 3 nitrogen and oxygen atoms in total. The third-order valence-electron chi connectivity index (χ3n) is 2.28. The summed E-state index contributed by atoms with van der Waals surface area (Å²) in [4.78, 5) is 0. The van der Waals surface area contributed by atoms with Gasteiger partial charge in [0.1, 0.15) is 6.61 Å². The third-order valence-corrected chi connectivity index (χ3v) is 4.32. The fourth-order valence-electron chi connectivity index (χ4n) is 1.21. The van der Waals surface area contributed by atoms with Crippen LogP contribution in [0.25, 0.3) is 0 Å². The highest BCUT2D eigenvalue weighted by Crippen LogP contribution is 2.48. The maximum absolute atomic E-state index is 12.6. The van der Waals surface area contributed by atoms with Gasteiger partial charge in [0.2, 0.25) is 0 Å². The van der Waals surface area contributed by atoms with E-state index in [4.69, 9.17) is 15.5 Å². The van der Waals surface area contributed by atoms with E-state index in [1.807, 2.05) is 19.9 Å². The van der Waals surface area contributed by atoms with E-state index in [9.17, 15) is 4.57 Å². The van der Waals surface area contributed by atoms with E-state index in [-0.39, 0.29) is 12.7 Å². The van der Waals surface area contributed by atoms with E-state index >= 15 is 0 Å². The maximum Gasteiger partial charge on any atom is 0.362 e. The van der Waals surface area contributed by atoms with Crippen molar-refractivity contribution in [2.45, 2.75) is 26.4 Å². The zero-order valence-corrected chi connectivity index (χ0v) is 11.0. The van der Waals surface area contributed by atoms with Gasteiger partial charge in [0.15, 0.2) is 0 Å². The van der Waals surface area contributed by atoms with Crippen LogP contribution in [-0.4, -0.2) is 12.7 Å². The molecule has 2 atom stereocenters. The summed E-state index contributed by atoms with van der Waals surface area (Å²) in [5, 5.41) is 0.538. The molecule has 0 aromatic heterocycles. The zero-order chi connectivity index (χ0) is 12.7. The Labute approximate surface area is 103 Å². The van der Waals surface area contributed by atoms with Crippen LogP contribution in [0, 0.1) is 12.3 Å². The fraction of sp³-hybridized carbons (Fsp3) is 0.385. The Morgan fingerprint density at radius 2 is 2.06 bits per heavy atom. The second-order valence-corrected chi connectivity index (χ2v) is 5.62. The van der Waals surface area contributed by atoms with Crippen molar-refractivity contribution < 1.29 is 13.6 Å². The van der Waals surface area contributed by atoms with Crippen LogP contribution in [0.15, 0.2) is 30.3 Å². The molecule has 0 aliphatic carbocycles. The summed E-state index contributed by atoms with van der Waals surface area (Å²) < 4.78 is 23.4. The highest BCUT2D eigenvalue weighted by atomic mass is 31.2. The van der Waals surface area contributed by atoms with Crippen molar-refractivity contribution in [2.75, 3.05) is 6.61 Å². The summed E-state index contributed by atoms with van der Waals surface area (Å²) in [5.41, 5.74) is 0. The molecule has 1 aromatic carbocycles. The predicted octanol–water partition coefficient (Wildman–Crippen LogP) is 2.97. The molecule has 92 valence electrons. The molecule has 2 unspecified atom stereocenters. The van der Waals surface area contributed by atoms with Gasteiger partial charge in [-0.1, -0.05) is 31.0 Å². The topological polar surface area (TPSA) is 35.5 Å².